The second-order valence-corrected chi connectivity index (χ2v) is 4.63. The minimum absolute atomic E-state index is 0.824. The maximum atomic E-state index is 5.51. The van der Waals surface area contributed by atoms with Gasteiger partial charge in [-0.3, -0.25) is 4.98 Å². The van der Waals surface area contributed by atoms with Gasteiger partial charge in [-0.2, -0.15) is 0 Å². The Morgan fingerprint density at radius 2 is 2.33 bits per heavy atom. The van der Waals surface area contributed by atoms with Gasteiger partial charge in [0, 0.05) is 49.9 Å². The number of aromatic nitrogens is 1. The topological polar surface area (TPSA) is 37.4 Å². The van der Waals surface area contributed by atoms with E-state index < -0.39 is 0 Å². The highest BCUT2D eigenvalue weighted by molar-refractivity contribution is 5.52. The highest BCUT2D eigenvalue weighted by Gasteiger charge is 2.13. The summed E-state index contributed by atoms with van der Waals surface area (Å²) in [6.07, 6.45) is 6.12. The summed E-state index contributed by atoms with van der Waals surface area (Å²) in [6, 6.07) is 2.12. The van der Waals surface area contributed by atoms with E-state index in [-0.39, 0.29) is 0 Å². The fraction of sp³-hybridized carbons (Fsp3) is 0.643. The van der Waals surface area contributed by atoms with Crippen molar-refractivity contribution in [2.75, 3.05) is 37.7 Å². The molecule has 1 aromatic heterocycles. The lowest BCUT2D eigenvalue weighted by molar-refractivity contribution is 0.152. The summed E-state index contributed by atoms with van der Waals surface area (Å²) in [7, 11) is 0. The van der Waals surface area contributed by atoms with Crippen LogP contribution in [0, 0.1) is 0 Å². The second kappa shape index (κ2) is 7.34. The SMILES string of the molecule is CCCNCc1cnccc1N1CCCOCC1. The third-order valence-corrected chi connectivity index (χ3v) is 3.18. The van der Waals surface area contributed by atoms with Gasteiger partial charge in [0.15, 0.2) is 0 Å². The van der Waals surface area contributed by atoms with Gasteiger partial charge in [0.1, 0.15) is 0 Å². The Bertz CT molecular complexity index is 349. The zero-order valence-corrected chi connectivity index (χ0v) is 11.2. The lowest BCUT2D eigenvalue weighted by atomic mass is 10.2. The van der Waals surface area contributed by atoms with Gasteiger partial charge >= 0.3 is 0 Å². The Hall–Kier alpha value is -1.13. The molecule has 1 aliphatic heterocycles. The van der Waals surface area contributed by atoms with Crippen molar-refractivity contribution < 1.29 is 4.74 Å². The molecular formula is C14H23N3O. The molecule has 1 aromatic rings. The quantitative estimate of drug-likeness (QED) is 0.808. The van der Waals surface area contributed by atoms with Crippen LogP contribution in [0.4, 0.5) is 5.69 Å². The van der Waals surface area contributed by atoms with E-state index in [0.29, 0.717) is 0 Å². The lowest BCUT2D eigenvalue weighted by Crippen LogP contribution is -2.28. The molecule has 4 nitrogen and oxygen atoms in total. The van der Waals surface area contributed by atoms with Gasteiger partial charge in [-0.25, -0.2) is 0 Å². The van der Waals surface area contributed by atoms with E-state index in [9.17, 15) is 0 Å². The van der Waals surface area contributed by atoms with Crippen LogP contribution in [0.15, 0.2) is 18.5 Å². The van der Waals surface area contributed by atoms with Crippen LogP contribution >= 0.6 is 0 Å². The van der Waals surface area contributed by atoms with Gasteiger partial charge in [-0.15, -0.1) is 0 Å². The van der Waals surface area contributed by atoms with Crippen LogP contribution in [-0.2, 0) is 11.3 Å². The number of nitrogens with zero attached hydrogens (tertiary/aromatic N) is 2. The number of nitrogens with one attached hydrogen (secondary N) is 1. The second-order valence-electron chi connectivity index (χ2n) is 4.63. The van der Waals surface area contributed by atoms with E-state index >= 15 is 0 Å². The molecule has 0 aromatic carbocycles. The van der Waals surface area contributed by atoms with E-state index in [1.165, 1.54) is 11.3 Å². The summed E-state index contributed by atoms with van der Waals surface area (Å²) in [4.78, 5) is 6.66. The molecule has 0 spiro atoms. The molecule has 0 unspecified atom stereocenters. The van der Waals surface area contributed by atoms with Gasteiger partial charge in [0.25, 0.3) is 0 Å². The van der Waals surface area contributed by atoms with Crippen molar-refractivity contribution in [2.24, 2.45) is 0 Å². The summed E-state index contributed by atoms with van der Waals surface area (Å²) in [5, 5.41) is 3.45. The number of ether oxygens (including phenoxy) is 1. The van der Waals surface area contributed by atoms with Crippen molar-refractivity contribution in [1.82, 2.24) is 10.3 Å². The molecule has 2 heterocycles. The molecule has 0 atom stereocenters. The van der Waals surface area contributed by atoms with Crippen LogP contribution < -0.4 is 10.2 Å². The Balaban J connectivity index is 2.05. The molecule has 1 fully saturated rings. The lowest BCUT2D eigenvalue weighted by Gasteiger charge is -2.24. The molecule has 0 aliphatic carbocycles. The standard InChI is InChI=1S/C14H23N3O/c1-2-5-15-11-13-12-16-6-4-14(13)17-7-3-9-18-10-8-17/h4,6,12,15H,2-3,5,7-11H2,1H3. The minimum atomic E-state index is 0.824. The molecule has 0 radical (unpaired) electrons. The van der Waals surface area contributed by atoms with Crippen LogP contribution in [0.5, 0.6) is 0 Å². The molecule has 1 aliphatic rings. The fourth-order valence-electron chi connectivity index (χ4n) is 2.25. The first kappa shape index (κ1) is 13.3. The molecule has 4 heteroatoms. The van der Waals surface area contributed by atoms with Crippen molar-refractivity contribution >= 4 is 5.69 Å². The third kappa shape index (κ3) is 3.68. The zero-order valence-electron chi connectivity index (χ0n) is 11.2. The summed E-state index contributed by atoms with van der Waals surface area (Å²) in [5.74, 6) is 0. The molecule has 18 heavy (non-hydrogen) atoms. The van der Waals surface area contributed by atoms with Crippen molar-refractivity contribution in [3.8, 4) is 0 Å². The molecular weight excluding hydrogens is 226 g/mol. The molecule has 100 valence electrons. The predicted molar refractivity (Wildman–Crippen MR) is 73.9 cm³/mol. The van der Waals surface area contributed by atoms with Gasteiger partial charge < -0.3 is 15.0 Å². The first-order valence-corrected chi connectivity index (χ1v) is 6.88. The Labute approximate surface area is 109 Å². The normalized spacial score (nSPS) is 16.6. The summed E-state index contributed by atoms with van der Waals surface area (Å²) >= 11 is 0. The molecule has 2 rings (SSSR count). The van der Waals surface area contributed by atoms with E-state index in [4.69, 9.17) is 4.74 Å². The number of anilines is 1. The van der Waals surface area contributed by atoms with Crippen LogP contribution in [-0.4, -0.2) is 37.8 Å². The van der Waals surface area contributed by atoms with Crippen molar-refractivity contribution in [2.45, 2.75) is 26.3 Å². The maximum absolute atomic E-state index is 5.51. The number of hydrogen-bond donors (Lipinski definition) is 1. The van der Waals surface area contributed by atoms with Gasteiger partial charge in [-0.1, -0.05) is 6.92 Å². The third-order valence-electron chi connectivity index (χ3n) is 3.18. The summed E-state index contributed by atoms with van der Waals surface area (Å²) < 4.78 is 5.51. The van der Waals surface area contributed by atoms with Gasteiger partial charge in [0.2, 0.25) is 0 Å². The number of pyridine rings is 1. The first-order chi connectivity index (χ1) is 8.92. The molecule has 1 saturated heterocycles. The first-order valence-electron chi connectivity index (χ1n) is 6.88. The highest BCUT2D eigenvalue weighted by Crippen LogP contribution is 2.20. The zero-order chi connectivity index (χ0) is 12.6. The van der Waals surface area contributed by atoms with Crippen LogP contribution in [0.25, 0.3) is 0 Å². The molecule has 0 saturated carbocycles. The van der Waals surface area contributed by atoms with Crippen molar-refractivity contribution in [3.05, 3.63) is 24.0 Å². The van der Waals surface area contributed by atoms with Crippen LogP contribution in [0.3, 0.4) is 0 Å². The largest absolute Gasteiger partial charge is 0.380 e. The van der Waals surface area contributed by atoms with E-state index in [1.807, 2.05) is 12.4 Å². The van der Waals surface area contributed by atoms with Crippen LogP contribution in [0.2, 0.25) is 0 Å². The van der Waals surface area contributed by atoms with E-state index in [0.717, 1.165) is 52.2 Å². The summed E-state index contributed by atoms with van der Waals surface area (Å²) in [5.41, 5.74) is 2.59. The highest BCUT2D eigenvalue weighted by atomic mass is 16.5. The fourth-order valence-corrected chi connectivity index (χ4v) is 2.25. The summed E-state index contributed by atoms with van der Waals surface area (Å²) in [6.45, 7) is 7.89. The van der Waals surface area contributed by atoms with Crippen molar-refractivity contribution in [3.63, 3.8) is 0 Å². The molecule has 0 bridgehead atoms. The minimum Gasteiger partial charge on any atom is -0.380 e. The Morgan fingerprint density at radius 3 is 3.22 bits per heavy atom. The van der Waals surface area contributed by atoms with Crippen LogP contribution in [0.1, 0.15) is 25.3 Å². The van der Waals surface area contributed by atoms with E-state index in [2.05, 4.69) is 28.2 Å². The number of rotatable bonds is 5. The average Bonchev–Trinajstić information content (AvgIpc) is 2.68. The molecule has 1 N–H and O–H groups in total. The predicted octanol–water partition coefficient (Wildman–Crippen LogP) is 1.81. The molecule has 0 amide bonds. The Kier molecular flexibility index (Phi) is 5.42. The van der Waals surface area contributed by atoms with Crippen molar-refractivity contribution in [1.29, 1.82) is 0 Å². The van der Waals surface area contributed by atoms with E-state index in [1.54, 1.807) is 0 Å². The van der Waals surface area contributed by atoms with Gasteiger partial charge in [-0.05, 0) is 25.5 Å². The smallest absolute Gasteiger partial charge is 0.0641 e. The maximum Gasteiger partial charge on any atom is 0.0641 e. The van der Waals surface area contributed by atoms with Gasteiger partial charge in [0.05, 0.1) is 6.61 Å². The Morgan fingerprint density at radius 1 is 1.39 bits per heavy atom. The average molecular weight is 249 g/mol. The number of hydrogen-bond acceptors (Lipinski definition) is 4. The monoisotopic (exact) mass is 249 g/mol.